The third kappa shape index (κ3) is 10.1. The van der Waals surface area contributed by atoms with E-state index in [9.17, 15) is 19.5 Å². The summed E-state index contributed by atoms with van der Waals surface area (Å²) in [5.41, 5.74) is 3.45. The molecule has 0 radical (unpaired) electrons. The fourth-order valence-corrected chi connectivity index (χ4v) is 4.70. The molecule has 3 aromatic carbocycles. The molecular formula is C34H40N2O6. The maximum Gasteiger partial charge on any atom is 0.305 e. The van der Waals surface area contributed by atoms with Crippen molar-refractivity contribution in [3.05, 3.63) is 95.6 Å². The number of carboxylic acids is 1. The van der Waals surface area contributed by atoms with E-state index in [1.807, 2.05) is 62.4 Å². The highest BCUT2D eigenvalue weighted by Gasteiger charge is 2.27. The van der Waals surface area contributed by atoms with Crippen LogP contribution in [0.25, 0.3) is 6.08 Å². The van der Waals surface area contributed by atoms with Crippen LogP contribution in [0.2, 0.25) is 0 Å². The van der Waals surface area contributed by atoms with Crippen LogP contribution in [0.4, 0.5) is 5.69 Å². The molecule has 0 aliphatic carbocycles. The maximum absolute atomic E-state index is 13.4. The van der Waals surface area contributed by atoms with Crippen molar-refractivity contribution in [3.8, 4) is 11.5 Å². The number of hydrogen-bond donors (Lipinski definition) is 3. The molecule has 222 valence electrons. The molecule has 0 spiro atoms. The Bertz CT molecular complexity index is 1350. The third-order valence-corrected chi connectivity index (χ3v) is 6.76. The maximum atomic E-state index is 13.4. The predicted molar refractivity (Wildman–Crippen MR) is 164 cm³/mol. The van der Waals surface area contributed by atoms with Gasteiger partial charge in [0, 0.05) is 18.0 Å². The molecule has 0 aliphatic rings. The second-order valence-electron chi connectivity index (χ2n) is 10.6. The van der Waals surface area contributed by atoms with Gasteiger partial charge in [0.1, 0.15) is 0 Å². The molecule has 0 aromatic heterocycles. The highest BCUT2D eigenvalue weighted by Crippen LogP contribution is 2.31. The van der Waals surface area contributed by atoms with Gasteiger partial charge in [-0.2, -0.15) is 0 Å². The molecular weight excluding hydrogens is 532 g/mol. The van der Waals surface area contributed by atoms with E-state index in [1.54, 1.807) is 18.2 Å². The van der Waals surface area contributed by atoms with Gasteiger partial charge in [0.05, 0.1) is 26.7 Å². The Hall–Kier alpha value is -4.59. The number of aliphatic carboxylic acids is 1. The molecule has 8 heteroatoms. The number of allylic oxidation sites excluding steroid dienone is 1. The van der Waals surface area contributed by atoms with Gasteiger partial charge in [0.2, 0.25) is 11.8 Å². The predicted octanol–water partition coefficient (Wildman–Crippen LogP) is 6.28. The van der Waals surface area contributed by atoms with Gasteiger partial charge in [-0.1, -0.05) is 74.5 Å². The van der Waals surface area contributed by atoms with Gasteiger partial charge in [-0.25, -0.2) is 0 Å². The average Bonchev–Trinajstić information content (AvgIpc) is 2.97. The fraction of sp³-hybridized carbons (Fsp3) is 0.324. The van der Waals surface area contributed by atoms with Crippen LogP contribution in [0.5, 0.6) is 11.5 Å². The smallest absolute Gasteiger partial charge is 0.305 e. The fourth-order valence-electron chi connectivity index (χ4n) is 4.70. The minimum atomic E-state index is -1.06. The standard InChI is InChI=1S/C34H40N2O6/c1-23(2)19-27(34(40)36-29(22-33(38)39)26-15-18-30(41-3)31(20-26)42-4)21-32(37)35-28-16-13-25(14-17-28)12-8-11-24-9-6-5-7-10-24/h5-10,12-18,20,23,27,29H,11,19,21-22H2,1-4H3,(H,35,37)(H,36,40)(H,38,39). The van der Waals surface area contributed by atoms with Crippen molar-refractivity contribution in [2.45, 2.75) is 45.6 Å². The summed E-state index contributed by atoms with van der Waals surface area (Å²) in [5, 5.41) is 15.3. The van der Waals surface area contributed by atoms with Crippen LogP contribution in [0.1, 0.15) is 55.8 Å². The van der Waals surface area contributed by atoms with Gasteiger partial charge in [0.15, 0.2) is 11.5 Å². The summed E-state index contributed by atoms with van der Waals surface area (Å²) in [7, 11) is 2.99. The normalized spacial score (nSPS) is 12.5. The van der Waals surface area contributed by atoms with Crippen molar-refractivity contribution >= 4 is 29.5 Å². The summed E-state index contributed by atoms with van der Waals surface area (Å²) < 4.78 is 10.6. The molecule has 0 saturated heterocycles. The number of benzene rings is 3. The van der Waals surface area contributed by atoms with E-state index >= 15 is 0 Å². The third-order valence-electron chi connectivity index (χ3n) is 6.76. The minimum absolute atomic E-state index is 0.0333. The molecule has 2 amide bonds. The van der Waals surface area contributed by atoms with Crippen molar-refractivity contribution in [3.63, 3.8) is 0 Å². The summed E-state index contributed by atoms with van der Waals surface area (Å²) in [6.07, 6.45) is 5.07. The Kier molecular flexibility index (Phi) is 12.2. The molecule has 3 rings (SSSR count). The average molecular weight is 573 g/mol. The van der Waals surface area contributed by atoms with Crippen molar-refractivity contribution < 1.29 is 29.0 Å². The van der Waals surface area contributed by atoms with Gasteiger partial charge in [-0.05, 0) is 59.7 Å². The zero-order valence-electron chi connectivity index (χ0n) is 24.6. The second-order valence-corrected chi connectivity index (χ2v) is 10.6. The first-order chi connectivity index (χ1) is 20.2. The van der Waals surface area contributed by atoms with Crippen molar-refractivity contribution in [2.75, 3.05) is 19.5 Å². The van der Waals surface area contributed by atoms with Crippen molar-refractivity contribution in [1.29, 1.82) is 0 Å². The summed E-state index contributed by atoms with van der Waals surface area (Å²) in [6.45, 7) is 3.95. The van der Waals surface area contributed by atoms with Gasteiger partial charge in [-0.3, -0.25) is 14.4 Å². The molecule has 3 aromatic rings. The monoisotopic (exact) mass is 572 g/mol. The zero-order chi connectivity index (χ0) is 30.5. The Balaban J connectivity index is 1.65. The second kappa shape index (κ2) is 16.0. The Morgan fingerprint density at radius 1 is 0.881 bits per heavy atom. The molecule has 0 bridgehead atoms. The first-order valence-corrected chi connectivity index (χ1v) is 14.0. The van der Waals surface area contributed by atoms with Gasteiger partial charge in [0.25, 0.3) is 0 Å². The summed E-state index contributed by atoms with van der Waals surface area (Å²) >= 11 is 0. The molecule has 8 nitrogen and oxygen atoms in total. The Morgan fingerprint density at radius 2 is 1.57 bits per heavy atom. The van der Waals surface area contributed by atoms with E-state index in [-0.39, 0.29) is 30.6 Å². The lowest BCUT2D eigenvalue weighted by Gasteiger charge is -2.24. The lowest BCUT2D eigenvalue weighted by Crippen LogP contribution is -2.37. The van der Waals surface area contributed by atoms with Gasteiger partial charge >= 0.3 is 5.97 Å². The van der Waals surface area contributed by atoms with Crippen molar-refractivity contribution in [2.24, 2.45) is 11.8 Å². The molecule has 0 saturated carbocycles. The van der Waals surface area contributed by atoms with Crippen LogP contribution in [0.15, 0.2) is 78.9 Å². The lowest BCUT2D eigenvalue weighted by atomic mass is 9.92. The number of rotatable bonds is 15. The molecule has 0 aliphatic heterocycles. The largest absolute Gasteiger partial charge is 0.493 e. The van der Waals surface area contributed by atoms with Gasteiger partial charge in [-0.15, -0.1) is 0 Å². The summed E-state index contributed by atoms with van der Waals surface area (Å²) in [4.78, 5) is 38.0. The Labute approximate surface area is 247 Å². The van der Waals surface area contributed by atoms with Crippen LogP contribution < -0.4 is 20.1 Å². The first kappa shape index (κ1) is 31.9. The molecule has 0 heterocycles. The highest BCUT2D eigenvalue weighted by molar-refractivity contribution is 5.94. The van der Waals surface area contributed by atoms with Crippen LogP contribution in [-0.4, -0.2) is 37.1 Å². The van der Waals surface area contributed by atoms with Crippen LogP contribution >= 0.6 is 0 Å². The van der Waals surface area contributed by atoms with Gasteiger partial charge < -0.3 is 25.2 Å². The van der Waals surface area contributed by atoms with E-state index in [2.05, 4.69) is 28.8 Å². The number of hydrogen-bond acceptors (Lipinski definition) is 5. The number of amides is 2. The number of anilines is 1. The number of carboxylic acid groups (broad SMARTS) is 1. The van der Waals surface area contributed by atoms with Crippen LogP contribution in [0, 0.1) is 11.8 Å². The molecule has 42 heavy (non-hydrogen) atoms. The van der Waals surface area contributed by atoms with E-state index in [0.717, 1.165) is 12.0 Å². The van der Waals surface area contributed by atoms with Crippen LogP contribution in [-0.2, 0) is 20.8 Å². The number of carbonyl (C=O) groups excluding carboxylic acids is 2. The SMILES string of the molecule is COc1ccc(C(CC(=O)O)NC(=O)C(CC(=O)Nc2ccc(C=CCc3ccccc3)cc2)CC(C)C)cc1OC. The molecule has 3 N–H and O–H groups in total. The summed E-state index contributed by atoms with van der Waals surface area (Å²) in [6, 6.07) is 21.9. The van der Waals surface area contributed by atoms with Crippen molar-refractivity contribution in [1.82, 2.24) is 5.32 Å². The number of methoxy groups -OCH3 is 2. The van der Waals surface area contributed by atoms with E-state index in [0.29, 0.717) is 29.2 Å². The van der Waals surface area contributed by atoms with E-state index in [4.69, 9.17) is 9.47 Å². The highest BCUT2D eigenvalue weighted by atomic mass is 16.5. The van der Waals surface area contributed by atoms with E-state index < -0.39 is 17.9 Å². The molecule has 0 fully saturated rings. The summed E-state index contributed by atoms with van der Waals surface area (Å²) in [5.74, 6) is -1.30. The molecule has 2 unspecified atom stereocenters. The van der Waals surface area contributed by atoms with E-state index in [1.165, 1.54) is 19.8 Å². The van der Waals surface area contributed by atoms with Crippen LogP contribution in [0.3, 0.4) is 0 Å². The quantitative estimate of drug-likeness (QED) is 0.197. The number of carbonyl (C=O) groups is 3. The topological polar surface area (TPSA) is 114 Å². The zero-order valence-corrected chi connectivity index (χ0v) is 24.6. The first-order valence-electron chi connectivity index (χ1n) is 14.0. The Morgan fingerprint density at radius 3 is 2.19 bits per heavy atom. The minimum Gasteiger partial charge on any atom is -0.493 e. The number of nitrogens with one attached hydrogen (secondary N) is 2. The lowest BCUT2D eigenvalue weighted by molar-refractivity contribution is -0.138. The molecule has 2 atom stereocenters. The number of ether oxygens (including phenoxy) is 2.